The Morgan fingerprint density at radius 2 is 2.25 bits per heavy atom. The Bertz CT molecular complexity index is 211. The van der Waals surface area contributed by atoms with Crippen LogP contribution in [0.2, 0.25) is 0 Å². The van der Waals surface area contributed by atoms with Gasteiger partial charge in [-0.25, -0.2) is 0 Å². The number of amides is 1. The van der Waals surface area contributed by atoms with Crippen molar-refractivity contribution < 1.29 is 9.53 Å². The van der Waals surface area contributed by atoms with Gasteiger partial charge in [-0.05, 0) is 25.9 Å². The van der Waals surface area contributed by atoms with E-state index in [-0.39, 0.29) is 17.9 Å². The first-order valence-electron chi connectivity index (χ1n) is 6.08. The normalized spacial score (nSPS) is 24.6. The fraction of sp³-hybridized carbons (Fsp3) is 0.909. The molecule has 1 rings (SSSR count). The Hall–Kier alpha value is -0.650. The molecule has 0 aromatic rings. The summed E-state index contributed by atoms with van der Waals surface area (Å²) < 4.78 is 5.35. The number of nitrogens with one attached hydrogen (secondary N) is 2. The minimum absolute atomic E-state index is 0.0516. The second kappa shape index (κ2) is 7.60. The molecule has 0 bridgehead atoms. The molecule has 2 atom stereocenters. The Morgan fingerprint density at radius 1 is 1.44 bits per heavy atom. The van der Waals surface area contributed by atoms with Gasteiger partial charge in [0.2, 0.25) is 5.91 Å². The average molecular weight is 229 g/mol. The standard InChI is InChI=1S/C11H23N3O2/c1-2-5-13-10-8-16-7-9(10)11(15)14-6-3-4-12/h9-10,13H,2-8,12H2,1H3,(H,14,15). The molecule has 0 aliphatic carbocycles. The fourth-order valence-corrected chi connectivity index (χ4v) is 1.79. The number of rotatable bonds is 7. The van der Waals surface area contributed by atoms with Gasteiger partial charge in [0.05, 0.1) is 19.1 Å². The van der Waals surface area contributed by atoms with Crippen LogP contribution in [0.15, 0.2) is 0 Å². The van der Waals surface area contributed by atoms with Crippen LogP contribution in [-0.4, -0.2) is 44.8 Å². The van der Waals surface area contributed by atoms with Crippen LogP contribution in [0, 0.1) is 5.92 Å². The van der Waals surface area contributed by atoms with Crippen molar-refractivity contribution in [2.24, 2.45) is 11.7 Å². The predicted molar refractivity (Wildman–Crippen MR) is 63.1 cm³/mol. The number of hydrogen-bond donors (Lipinski definition) is 3. The largest absolute Gasteiger partial charge is 0.379 e. The first kappa shape index (κ1) is 13.4. The molecular formula is C11H23N3O2. The molecule has 2 unspecified atom stereocenters. The van der Waals surface area contributed by atoms with Crippen LogP contribution in [0.25, 0.3) is 0 Å². The van der Waals surface area contributed by atoms with Crippen molar-refractivity contribution in [2.75, 3.05) is 32.8 Å². The molecule has 1 heterocycles. The smallest absolute Gasteiger partial charge is 0.227 e. The van der Waals surface area contributed by atoms with E-state index in [1.165, 1.54) is 0 Å². The summed E-state index contributed by atoms with van der Waals surface area (Å²) in [6, 6.07) is 0.165. The van der Waals surface area contributed by atoms with Gasteiger partial charge in [0.15, 0.2) is 0 Å². The molecule has 16 heavy (non-hydrogen) atoms. The van der Waals surface area contributed by atoms with Gasteiger partial charge in [0.1, 0.15) is 0 Å². The van der Waals surface area contributed by atoms with Gasteiger partial charge in [0, 0.05) is 12.6 Å². The Labute approximate surface area is 97.1 Å². The highest BCUT2D eigenvalue weighted by Gasteiger charge is 2.33. The molecule has 5 heteroatoms. The van der Waals surface area contributed by atoms with E-state index in [0.29, 0.717) is 26.3 Å². The zero-order chi connectivity index (χ0) is 11.8. The maximum Gasteiger partial charge on any atom is 0.227 e. The first-order valence-corrected chi connectivity index (χ1v) is 6.08. The van der Waals surface area contributed by atoms with Gasteiger partial charge < -0.3 is 21.1 Å². The molecule has 5 nitrogen and oxygen atoms in total. The van der Waals surface area contributed by atoms with Crippen LogP contribution in [0.4, 0.5) is 0 Å². The topological polar surface area (TPSA) is 76.4 Å². The van der Waals surface area contributed by atoms with E-state index in [2.05, 4.69) is 17.6 Å². The van der Waals surface area contributed by atoms with Crippen LogP contribution in [-0.2, 0) is 9.53 Å². The third-order valence-electron chi connectivity index (χ3n) is 2.75. The average Bonchev–Trinajstić information content (AvgIpc) is 2.74. The molecule has 0 saturated carbocycles. The lowest BCUT2D eigenvalue weighted by atomic mass is 10.0. The minimum Gasteiger partial charge on any atom is -0.379 e. The highest BCUT2D eigenvalue weighted by atomic mass is 16.5. The molecule has 1 aliphatic heterocycles. The van der Waals surface area contributed by atoms with E-state index in [1.807, 2.05) is 0 Å². The summed E-state index contributed by atoms with van der Waals surface area (Å²) >= 11 is 0. The lowest BCUT2D eigenvalue weighted by Gasteiger charge is -2.18. The summed E-state index contributed by atoms with van der Waals surface area (Å²) in [5, 5.41) is 6.24. The fourth-order valence-electron chi connectivity index (χ4n) is 1.79. The van der Waals surface area contributed by atoms with Gasteiger partial charge in [0.25, 0.3) is 0 Å². The van der Waals surface area contributed by atoms with Crippen LogP contribution in [0.3, 0.4) is 0 Å². The minimum atomic E-state index is -0.0516. The molecule has 0 aromatic carbocycles. The summed E-state index contributed by atoms with van der Waals surface area (Å²) in [5.41, 5.74) is 5.37. The van der Waals surface area contributed by atoms with Crippen LogP contribution < -0.4 is 16.4 Å². The predicted octanol–water partition coefficient (Wildman–Crippen LogP) is -0.534. The van der Waals surface area contributed by atoms with E-state index in [0.717, 1.165) is 19.4 Å². The second-order valence-electron chi connectivity index (χ2n) is 4.14. The summed E-state index contributed by atoms with van der Waals surface area (Å²) in [6.45, 7) is 5.47. The lowest BCUT2D eigenvalue weighted by Crippen LogP contribution is -2.44. The van der Waals surface area contributed by atoms with E-state index in [4.69, 9.17) is 10.5 Å². The molecule has 1 saturated heterocycles. The molecule has 94 valence electrons. The van der Waals surface area contributed by atoms with E-state index < -0.39 is 0 Å². The third-order valence-corrected chi connectivity index (χ3v) is 2.75. The zero-order valence-corrected chi connectivity index (χ0v) is 10.00. The Morgan fingerprint density at radius 3 is 2.94 bits per heavy atom. The second-order valence-corrected chi connectivity index (χ2v) is 4.14. The van der Waals surface area contributed by atoms with Gasteiger partial charge in [-0.1, -0.05) is 6.92 Å². The van der Waals surface area contributed by atoms with Crippen molar-refractivity contribution in [3.8, 4) is 0 Å². The van der Waals surface area contributed by atoms with Crippen molar-refractivity contribution in [2.45, 2.75) is 25.8 Å². The molecule has 0 spiro atoms. The van der Waals surface area contributed by atoms with Crippen molar-refractivity contribution in [3.63, 3.8) is 0 Å². The van der Waals surface area contributed by atoms with Gasteiger partial charge >= 0.3 is 0 Å². The summed E-state index contributed by atoms with van der Waals surface area (Å²) in [4.78, 5) is 11.8. The van der Waals surface area contributed by atoms with Gasteiger partial charge in [-0.2, -0.15) is 0 Å². The van der Waals surface area contributed by atoms with Crippen molar-refractivity contribution in [1.29, 1.82) is 0 Å². The van der Waals surface area contributed by atoms with Crippen LogP contribution in [0.5, 0.6) is 0 Å². The molecule has 1 amide bonds. The number of carbonyl (C=O) groups excluding carboxylic acids is 1. The zero-order valence-electron chi connectivity index (χ0n) is 10.00. The quantitative estimate of drug-likeness (QED) is 0.513. The summed E-state index contributed by atoms with van der Waals surface area (Å²) in [6.07, 6.45) is 1.89. The number of nitrogens with two attached hydrogens (primary N) is 1. The maximum atomic E-state index is 11.8. The SMILES string of the molecule is CCCNC1COCC1C(=O)NCCCN. The van der Waals surface area contributed by atoms with Gasteiger partial charge in [-0.15, -0.1) is 0 Å². The summed E-state index contributed by atoms with van der Waals surface area (Å²) in [5.74, 6) is 0.0314. The number of ether oxygens (including phenoxy) is 1. The van der Waals surface area contributed by atoms with E-state index in [9.17, 15) is 4.79 Å². The number of hydrogen-bond acceptors (Lipinski definition) is 4. The van der Waals surface area contributed by atoms with Crippen LogP contribution >= 0.6 is 0 Å². The van der Waals surface area contributed by atoms with E-state index in [1.54, 1.807) is 0 Å². The highest BCUT2D eigenvalue weighted by molar-refractivity contribution is 5.79. The Kier molecular flexibility index (Phi) is 6.37. The summed E-state index contributed by atoms with van der Waals surface area (Å²) in [7, 11) is 0. The monoisotopic (exact) mass is 229 g/mol. The highest BCUT2D eigenvalue weighted by Crippen LogP contribution is 2.13. The van der Waals surface area contributed by atoms with Crippen molar-refractivity contribution in [3.05, 3.63) is 0 Å². The van der Waals surface area contributed by atoms with Crippen molar-refractivity contribution >= 4 is 5.91 Å². The third kappa shape index (κ3) is 4.08. The van der Waals surface area contributed by atoms with Crippen LogP contribution in [0.1, 0.15) is 19.8 Å². The van der Waals surface area contributed by atoms with E-state index >= 15 is 0 Å². The van der Waals surface area contributed by atoms with Gasteiger partial charge in [-0.3, -0.25) is 4.79 Å². The molecule has 4 N–H and O–H groups in total. The van der Waals surface area contributed by atoms with Crippen molar-refractivity contribution in [1.82, 2.24) is 10.6 Å². The lowest BCUT2D eigenvalue weighted by molar-refractivity contribution is -0.125. The molecule has 1 aliphatic rings. The Balaban J connectivity index is 2.29. The maximum absolute atomic E-state index is 11.8. The number of carbonyl (C=O) groups is 1. The molecular weight excluding hydrogens is 206 g/mol. The first-order chi connectivity index (χ1) is 7.79. The molecule has 0 radical (unpaired) electrons. The molecule has 1 fully saturated rings. The molecule has 0 aromatic heterocycles.